The quantitative estimate of drug-likeness (QED) is 0.643. The topological polar surface area (TPSA) is 46.3 Å². The fourth-order valence-corrected chi connectivity index (χ4v) is 3.40. The van der Waals surface area contributed by atoms with Gasteiger partial charge in [-0.05, 0) is 32.1 Å². The summed E-state index contributed by atoms with van der Waals surface area (Å²) in [5, 5.41) is 0. The summed E-state index contributed by atoms with van der Waals surface area (Å²) in [5.74, 6) is 0.369. The van der Waals surface area contributed by atoms with Crippen molar-refractivity contribution in [2.45, 2.75) is 49.6 Å². The Kier molecular flexibility index (Phi) is 1.25. The zero-order valence-electron chi connectivity index (χ0n) is 7.88. The summed E-state index contributed by atoms with van der Waals surface area (Å²) in [6.07, 6.45) is 6.22. The third kappa shape index (κ3) is 0.857. The Labute approximate surface area is 78.3 Å². The first-order chi connectivity index (χ1) is 6.14. The average Bonchev–Trinajstić information content (AvgIpc) is 1.99. The Bertz CT molecular complexity index is 254. The van der Waals surface area contributed by atoms with E-state index in [0.29, 0.717) is 5.91 Å². The summed E-state index contributed by atoms with van der Waals surface area (Å²) in [6, 6.07) is 0. The summed E-state index contributed by atoms with van der Waals surface area (Å²) < 4.78 is 0. The number of amides is 1. The second-order valence-electron chi connectivity index (χ2n) is 5.12. The molecule has 2 bridgehead atoms. The van der Waals surface area contributed by atoms with Crippen molar-refractivity contribution in [3.8, 4) is 0 Å². The van der Waals surface area contributed by atoms with Crippen molar-refractivity contribution < 1.29 is 4.79 Å². The normalized spacial score (nSPS) is 48.4. The van der Waals surface area contributed by atoms with E-state index in [1.54, 1.807) is 0 Å². The van der Waals surface area contributed by atoms with Crippen LogP contribution < -0.4 is 5.73 Å². The molecule has 3 nitrogen and oxygen atoms in total. The summed E-state index contributed by atoms with van der Waals surface area (Å²) in [6.45, 7) is 0.981. The molecule has 2 N–H and O–H groups in total. The van der Waals surface area contributed by atoms with Gasteiger partial charge in [0.1, 0.15) is 0 Å². The molecule has 1 amide bonds. The predicted molar refractivity (Wildman–Crippen MR) is 49.1 cm³/mol. The van der Waals surface area contributed by atoms with Crippen LogP contribution in [0.5, 0.6) is 0 Å². The minimum Gasteiger partial charge on any atom is -0.337 e. The lowest BCUT2D eigenvalue weighted by Crippen LogP contribution is -2.83. The van der Waals surface area contributed by atoms with Crippen molar-refractivity contribution in [3.63, 3.8) is 0 Å². The molecule has 0 atom stereocenters. The predicted octanol–water partition coefficient (Wildman–Crippen LogP) is 0.633. The number of nitrogens with zero attached hydrogens (tertiary/aromatic N) is 1. The van der Waals surface area contributed by atoms with Crippen LogP contribution in [-0.2, 0) is 4.79 Å². The molecule has 3 aliphatic carbocycles. The molecule has 4 aliphatic rings. The molecule has 4 rings (SSSR count). The van der Waals surface area contributed by atoms with Crippen LogP contribution in [0.3, 0.4) is 0 Å². The summed E-state index contributed by atoms with van der Waals surface area (Å²) >= 11 is 0. The lowest BCUT2D eigenvalue weighted by molar-refractivity contribution is -0.183. The maximum Gasteiger partial charge on any atom is 0.223 e. The van der Waals surface area contributed by atoms with Gasteiger partial charge in [-0.3, -0.25) is 4.79 Å². The number of rotatable bonds is 1. The van der Waals surface area contributed by atoms with Crippen LogP contribution in [0.2, 0.25) is 0 Å². The van der Waals surface area contributed by atoms with Gasteiger partial charge < -0.3 is 10.6 Å². The monoisotopic (exact) mass is 180 g/mol. The van der Waals surface area contributed by atoms with E-state index >= 15 is 0 Å². The van der Waals surface area contributed by atoms with E-state index in [4.69, 9.17) is 5.73 Å². The number of hydrogen-bond acceptors (Lipinski definition) is 2. The number of nitrogens with two attached hydrogens (primary N) is 1. The first kappa shape index (κ1) is 7.80. The molecule has 1 saturated heterocycles. The van der Waals surface area contributed by atoms with Crippen LogP contribution in [0.15, 0.2) is 0 Å². The van der Waals surface area contributed by atoms with Crippen LogP contribution in [0.1, 0.15) is 38.5 Å². The molecule has 0 aromatic heterocycles. The lowest BCUT2D eigenvalue weighted by Gasteiger charge is -2.72. The molecule has 0 unspecified atom stereocenters. The maximum atomic E-state index is 11.6. The average molecular weight is 180 g/mol. The maximum absolute atomic E-state index is 11.6. The van der Waals surface area contributed by atoms with Gasteiger partial charge in [-0.15, -0.1) is 0 Å². The van der Waals surface area contributed by atoms with Crippen molar-refractivity contribution >= 4 is 5.91 Å². The van der Waals surface area contributed by atoms with Crippen LogP contribution in [-0.4, -0.2) is 28.4 Å². The van der Waals surface area contributed by atoms with Crippen LogP contribution >= 0.6 is 0 Å². The molecule has 13 heavy (non-hydrogen) atoms. The van der Waals surface area contributed by atoms with Crippen molar-refractivity contribution in [1.82, 2.24) is 4.90 Å². The fraction of sp³-hybridized carbons (Fsp3) is 0.900. The molecule has 1 heterocycles. The summed E-state index contributed by atoms with van der Waals surface area (Å²) in [7, 11) is 0. The molecule has 72 valence electrons. The Morgan fingerprint density at radius 3 is 2.46 bits per heavy atom. The van der Waals surface area contributed by atoms with Gasteiger partial charge in [0.25, 0.3) is 0 Å². The lowest BCUT2D eigenvalue weighted by atomic mass is 9.44. The van der Waals surface area contributed by atoms with E-state index in [9.17, 15) is 4.79 Å². The molecular formula is C10H16N2O. The number of likely N-dealkylation sites (tertiary alicyclic amines) is 1. The molecular weight excluding hydrogens is 164 g/mol. The van der Waals surface area contributed by atoms with Crippen LogP contribution in [0.25, 0.3) is 0 Å². The van der Waals surface area contributed by atoms with Gasteiger partial charge in [-0.2, -0.15) is 0 Å². The Morgan fingerprint density at radius 2 is 1.92 bits per heavy atom. The highest BCUT2D eigenvalue weighted by atomic mass is 16.2. The highest BCUT2D eigenvalue weighted by molar-refractivity contribution is 5.78. The largest absolute Gasteiger partial charge is 0.337 e. The van der Waals surface area contributed by atoms with Crippen LogP contribution in [0, 0.1) is 0 Å². The van der Waals surface area contributed by atoms with E-state index in [2.05, 4.69) is 4.90 Å². The molecule has 0 spiro atoms. The Balaban J connectivity index is 1.75. The summed E-state index contributed by atoms with van der Waals surface area (Å²) in [4.78, 5) is 13.8. The number of piperidine rings is 1. The van der Waals surface area contributed by atoms with Gasteiger partial charge in [0.15, 0.2) is 0 Å². The molecule has 1 aliphatic heterocycles. The van der Waals surface area contributed by atoms with E-state index in [1.807, 2.05) is 0 Å². The zero-order valence-corrected chi connectivity index (χ0v) is 7.88. The fourth-order valence-electron chi connectivity index (χ4n) is 3.40. The van der Waals surface area contributed by atoms with E-state index in [1.165, 1.54) is 6.42 Å². The minimum atomic E-state index is 0.123. The second-order valence-corrected chi connectivity index (χ2v) is 5.12. The smallest absolute Gasteiger partial charge is 0.223 e. The zero-order chi connectivity index (χ0) is 9.10. The van der Waals surface area contributed by atoms with Gasteiger partial charge in [-0.1, -0.05) is 0 Å². The SMILES string of the molecule is NC12CC(N3CCCCC3=O)(C1)C2. The van der Waals surface area contributed by atoms with E-state index in [-0.39, 0.29) is 11.1 Å². The highest BCUT2D eigenvalue weighted by Crippen LogP contribution is 2.62. The van der Waals surface area contributed by atoms with Crippen molar-refractivity contribution in [2.24, 2.45) is 5.73 Å². The molecule has 3 heteroatoms. The number of hydrogen-bond donors (Lipinski definition) is 1. The first-order valence-corrected chi connectivity index (χ1v) is 5.23. The number of carbonyl (C=O) groups is 1. The first-order valence-electron chi connectivity index (χ1n) is 5.23. The third-order valence-electron chi connectivity index (χ3n) is 3.94. The van der Waals surface area contributed by atoms with Crippen LogP contribution in [0.4, 0.5) is 0 Å². The van der Waals surface area contributed by atoms with Gasteiger partial charge in [0.05, 0.1) is 0 Å². The standard InChI is InChI=1S/C10H16N2O/c11-9-5-10(6-9,7-9)12-4-2-1-3-8(12)13/h1-7,11H2. The minimum absolute atomic E-state index is 0.123. The van der Waals surface area contributed by atoms with Gasteiger partial charge in [0, 0.05) is 24.0 Å². The molecule has 0 aromatic carbocycles. The van der Waals surface area contributed by atoms with Crippen molar-refractivity contribution in [1.29, 1.82) is 0 Å². The molecule has 4 fully saturated rings. The number of carbonyl (C=O) groups excluding carboxylic acids is 1. The Hall–Kier alpha value is -0.570. The van der Waals surface area contributed by atoms with Gasteiger partial charge in [-0.25, -0.2) is 0 Å². The molecule has 0 radical (unpaired) electrons. The van der Waals surface area contributed by atoms with E-state index in [0.717, 1.165) is 38.6 Å². The molecule has 3 saturated carbocycles. The highest BCUT2D eigenvalue weighted by Gasteiger charge is 2.69. The molecule has 0 aromatic rings. The van der Waals surface area contributed by atoms with E-state index < -0.39 is 0 Å². The summed E-state index contributed by atoms with van der Waals surface area (Å²) in [5.41, 5.74) is 6.34. The van der Waals surface area contributed by atoms with Gasteiger partial charge in [0.2, 0.25) is 5.91 Å². The van der Waals surface area contributed by atoms with Gasteiger partial charge >= 0.3 is 0 Å². The van der Waals surface area contributed by atoms with Crippen molar-refractivity contribution in [2.75, 3.05) is 6.54 Å². The third-order valence-corrected chi connectivity index (χ3v) is 3.94. The Morgan fingerprint density at radius 1 is 1.23 bits per heavy atom. The second kappa shape index (κ2) is 2.08. The van der Waals surface area contributed by atoms with Crippen molar-refractivity contribution in [3.05, 3.63) is 0 Å².